The van der Waals surface area contributed by atoms with Crippen molar-refractivity contribution in [1.82, 2.24) is 9.97 Å². The van der Waals surface area contributed by atoms with Crippen molar-refractivity contribution in [3.05, 3.63) is 38.1 Å². The first kappa shape index (κ1) is 14.8. The van der Waals surface area contributed by atoms with Crippen molar-refractivity contribution in [2.24, 2.45) is 0 Å². The summed E-state index contributed by atoms with van der Waals surface area (Å²) in [6.45, 7) is 6.43. The Kier molecular flexibility index (Phi) is 3.90. The van der Waals surface area contributed by atoms with Crippen molar-refractivity contribution in [2.45, 2.75) is 39.5 Å². The molecule has 1 heterocycles. The van der Waals surface area contributed by atoms with E-state index >= 15 is 0 Å². The van der Waals surface area contributed by atoms with E-state index in [1.807, 2.05) is 7.05 Å². The molecule has 0 saturated heterocycles. The Morgan fingerprint density at radius 2 is 1.71 bits per heavy atom. The van der Waals surface area contributed by atoms with Gasteiger partial charge in [-0.1, -0.05) is 6.07 Å². The second kappa shape index (κ2) is 5.55. The van der Waals surface area contributed by atoms with Crippen molar-refractivity contribution in [1.29, 1.82) is 0 Å². The summed E-state index contributed by atoms with van der Waals surface area (Å²) in [6, 6.07) is 4.44. The van der Waals surface area contributed by atoms with Gasteiger partial charge in [0, 0.05) is 18.5 Å². The number of aryl methyl sites for hydroxylation is 3. The van der Waals surface area contributed by atoms with Crippen LogP contribution in [-0.4, -0.2) is 17.0 Å². The molecule has 4 heteroatoms. The Morgan fingerprint density at radius 1 is 1.05 bits per heavy atom. The van der Waals surface area contributed by atoms with Crippen molar-refractivity contribution in [2.75, 3.05) is 12.4 Å². The highest BCUT2D eigenvalue weighted by Crippen LogP contribution is 2.43. The molecule has 0 atom stereocenters. The first-order chi connectivity index (χ1) is 10.0. The molecule has 21 heavy (non-hydrogen) atoms. The van der Waals surface area contributed by atoms with Gasteiger partial charge in [-0.3, -0.25) is 0 Å². The second-order valence-corrected chi connectivity index (χ2v) is 6.95. The second-order valence-electron chi connectivity index (χ2n) is 5.87. The number of hydrogen-bond acceptors (Lipinski definition) is 3. The van der Waals surface area contributed by atoms with Crippen LogP contribution in [0.3, 0.4) is 0 Å². The molecule has 0 unspecified atom stereocenters. The zero-order valence-corrected chi connectivity index (χ0v) is 15.1. The Bertz CT molecular complexity index is 706. The van der Waals surface area contributed by atoms with Crippen LogP contribution in [0, 0.1) is 24.3 Å². The lowest BCUT2D eigenvalue weighted by Crippen LogP contribution is -2.05. The molecule has 0 aliphatic heterocycles. The number of halogens is 1. The summed E-state index contributed by atoms with van der Waals surface area (Å²) in [5.41, 5.74) is 6.20. The zero-order chi connectivity index (χ0) is 15.1. The zero-order valence-electron chi connectivity index (χ0n) is 12.9. The topological polar surface area (TPSA) is 37.8 Å². The first-order valence-electron chi connectivity index (χ1n) is 7.34. The average molecular weight is 393 g/mol. The molecule has 1 saturated carbocycles. The van der Waals surface area contributed by atoms with Gasteiger partial charge in [0.05, 0.1) is 9.26 Å². The number of nitrogens with zero attached hydrogens (tertiary/aromatic N) is 2. The minimum atomic E-state index is 0.623. The van der Waals surface area contributed by atoms with E-state index in [0.717, 1.165) is 17.2 Å². The molecule has 3 nitrogen and oxygen atoms in total. The predicted octanol–water partition coefficient (Wildman–Crippen LogP) is 4.59. The SMILES string of the molecule is CNc1nc(-c2cc(C)c(C)cc2C)nc(C2CC2)c1I. The molecule has 1 fully saturated rings. The number of hydrogen-bond donors (Lipinski definition) is 1. The fourth-order valence-electron chi connectivity index (χ4n) is 2.58. The quantitative estimate of drug-likeness (QED) is 0.775. The maximum absolute atomic E-state index is 4.89. The van der Waals surface area contributed by atoms with E-state index in [-0.39, 0.29) is 0 Å². The summed E-state index contributed by atoms with van der Waals surface area (Å²) in [5, 5.41) is 3.22. The molecule has 1 aliphatic rings. The lowest BCUT2D eigenvalue weighted by atomic mass is 10.0. The summed E-state index contributed by atoms with van der Waals surface area (Å²) in [6.07, 6.45) is 2.50. The lowest BCUT2D eigenvalue weighted by Gasteiger charge is -2.13. The number of anilines is 1. The highest BCUT2D eigenvalue weighted by atomic mass is 127. The van der Waals surface area contributed by atoms with E-state index in [2.05, 4.69) is 60.8 Å². The molecular formula is C17H20IN3. The van der Waals surface area contributed by atoms with E-state index < -0.39 is 0 Å². The normalized spacial score (nSPS) is 14.3. The van der Waals surface area contributed by atoms with Crippen LogP contribution < -0.4 is 5.32 Å². The summed E-state index contributed by atoms with van der Waals surface area (Å²) in [4.78, 5) is 9.62. The summed E-state index contributed by atoms with van der Waals surface area (Å²) in [7, 11) is 1.93. The molecule has 110 valence electrons. The van der Waals surface area contributed by atoms with Crippen LogP contribution in [0.1, 0.15) is 41.1 Å². The van der Waals surface area contributed by atoms with Gasteiger partial charge in [-0.05, 0) is 79.0 Å². The largest absolute Gasteiger partial charge is 0.372 e. The van der Waals surface area contributed by atoms with Gasteiger partial charge in [0.25, 0.3) is 0 Å². The van der Waals surface area contributed by atoms with E-state index in [0.29, 0.717) is 5.92 Å². The average Bonchev–Trinajstić information content (AvgIpc) is 3.28. The Hall–Kier alpha value is -1.17. The molecule has 0 radical (unpaired) electrons. The third kappa shape index (κ3) is 2.78. The minimum absolute atomic E-state index is 0.623. The third-order valence-corrected chi connectivity index (χ3v) is 5.22. The third-order valence-electron chi connectivity index (χ3n) is 4.16. The molecule has 1 N–H and O–H groups in total. The number of rotatable bonds is 3. The first-order valence-corrected chi connectivity index (χ1v) is 8.42. The van der Waals surface area contributed by atoms with Gasteiger partial charge in [0.1, 0.15) is 5.82 Å². The van der Waals surface area contributed by atoms with Crippen molar-refractivity contribution >= 4 is 28.4 Å². The molecule has 2 aromatic rings. The number of aromatic nitrogens is 2. The van der Waals surface area contributed by atoms with Crippen molar-refractivity contribution in [3.8, 4) is 11.4 Å². The molecule has 1 aromatic carbocycles. The van der Waals surface area contributed by atoms with Crippen molar-refractivity contribution < 1.29 is 0 Å². The summed E-state index contributed by atoms with van der Waals surface area (Å²) < 4.78 is 1.17. The van der Waals surface area contributed by atoms with Gasteiger partial charge in [-0.25, -0.2) is 9.97 Å². The molecular weight excluding hydrogens is 373 g/mol. The smallest absolute Gasteiger partial charge is 0.162 e. The monoisotopic (exact) mass is 393 g/mol. The lowest BCUT2D eigenvalue weighted by molar-refractivity contribution is 0.977. The Labute approximate surface area is 139 Å². The van der Waals surface area contributed by atoms with Gasteiger partial charge >= 0.3 is 0 Å². The van der Waals surface area contributed by atoms with E-state index in [4.69, 9.17) is 9.97 Å². The highest BCUT2D eigenvalue weighted by Gasteiger charge is 2.29. The Balaban J connectivity index is 2.18. The molecule has 1 aromatic heterocycles. The number of nitrogens with one attached hydrogen (secondary N) is 1. The predicted molar refractivity (Wildman–Crippen MR) is 95.9 cm³/mol. The summed E-state index contributed by atoms with van der Waals surface area (Å²) >= 11 is 2.37. The van der Waals surface area contributed by atoms with Crippen LogP contribution in [0.15, 0.2) is 12.1 Å². The van der Waals surface area contributed by atoms with E-state index in [1.54, 1.807) is 0 Å². The van der Waals surface area contributed by atoms with E-state index in [1.165, 1.54) is 38.8 Å². The fraction of sp³-hybridized carbons (Fsp3) is 0.412. The van der Waals surface area contributed by atoms with Crippen LogP contribution in [0.5, 0.6) is 0 Å². The highest BCUT2D eigenvalue weighted by molar-refractivity contribution is 14.1. The van der Waals surface area contributed by atoms with Gasteiger partial charge in [-0.15, -0.1) is 0 Å². The van der Waals surface area contributed by atoms with Gasteiger partial charge in [0.15, 0.2) is 5.82 Å². The molecule has 3 rings (SSSR count). The van der Waals surface area contributed by atoms with Crippen LogP contribution in [0.2, 0.25) is 0 Å². The van der Waals surface area contributed by atoms with Gasteiger partial charge in [0.2, 0.25) is 0 Å². The van der Waals surface area contributed by atoms with Gasteiger partial charge < -0.3 is 5.32 Å². The maximum atomic E-state index is 4.89. The van der Waals surface area contributed by atoms with E-state index in [9.17, 15) is 0 Å². The molecule has 0 spiro atoms. The van der Waals surface area contributed by atoms with Crippen LogP contribution in [0.25, 0.3) is 11.4 Å². The Morgan fingerprint density at radius 3 is 2.33 bits per heavy atom. The molecule has 1 aliphatic carbocycles. The van der Waals surface area contributed by atoms with Gasteiger partial charge in [-0.2, -0.15) is 0 Å². The summed E-state index contributed by atoms with van der Waals surface area (Å²) in [5.74, 6) is 2.42. The minimum Gasteiger partial charge on any atom is -0.372 e. The van der Waals surface area contributed by atoms with Crippen LogP contribution in [0.4, 0.5) is 5.82 Å². The number of benzene rings is 1. The molecule has 0 amide bonds. The standard InChI is InChI=1S/C17H20IN3/c1-9-7-11(3)13(8-10(9)2)16-20-15(12-5-6-12)14(18)17(19-4)21-16/h7-8,12H,5-6H2,1-4H3,(H,19,20,21). The fourth-order valence-corrected chi connectivity index (χ4v) is 3.53. The van der Waals surface area contributed by atoms with Crippen LogP contribution in [-0.2, 0) is 0 Å². The van der Waals surface area contributed by atoms with Crippen molar-refractivity contribution in [3.63, 3.8) is 0 Å². The maximum Gasteiger partial charge on any atom is 0.162 e. The molecule has 0 bridgehead atoms. The van der Waals surface area contributed by atoms with Crippen LogP contribution >= 0.6 is 22.6 Å².